The number of piperidine rings is 1. The molecule has 0 spiro atoms. The maximum atomic E-state index is 11.6. The van der Waals surface area contributed by atoms with Gasteiger partial charge in [-0.3, -0.25) is 9.59 Å². The normalized spacial score (nSPS) is 15.4. The second kappa shape index (κ2) is 5.31. The third-order valence-electron chi connectivity index (χ3n) is 2.53. The molecule has 94 valence electrons. The Labute approximate surface area is 104 Å². The topological polar surface area (TPSA) is 78.5 Å². The van der Waals surface area contributed by atoms with E-state index in [1.807, 2.05) is 6.07 Å². The fraction of sp³-hybridized carbons (Fsp3) is 0.250. The van der Waals surface area contributed by atoms with Crippen molar-refractivity contribution in [2.75, 3.05) is 5.32 Å². The first kappa shape index (κ1) is 12.1. The average molecular weight is 247 g/mol. The second-order valence-corrected chi connectivity index (χ2v) is 3.91. The number of nitrogens with one attached hydrogen (secondary N) is 2. The molecule has 1 heterocycles. The number of carbonyl (C=O) groups is 3. The Bertz CT molecular complexity index is 457. The molecule has 0 bridgehead atoms. The molecule has 1 fully saturated rings. The van der Waals surface area contributed by atoms with Crippen molar-refractivity contribution in [3.8, 4) is 0 Å². The number of nitrogens with zero attached hydrogens (tertiary/aromatic N) is 1. The van der Waals surface area contributed by atoms with E-state index in [9.17, 15) is 14.4 Å². The molecule has 0 radical (unpaired) electrons. The number of hydrogen-bond donors (Lipinski definition) is 2. The summed E-state index contributed by atoms with van der Waals surface area (Å²) in [5.41, 5.74) is 2.84. The lowest BCUT2D eigenvalue weighted by Gasteiger charge is -2.24. The molecular formula is C12H13N3O3. The fourth-order valence-electron chi connectivity index (χ4n) is 1.66. The quantitative estimate of drug-likeness (QED) is 0.772. The van der Waals surface area contributed by atoms with Gasteiger partial charge in [0.1, 0.15) is 0 Å². The fourth-order valence-corrected chi connectivity index (χ4v) is 1.66. The molecule has 1 aromatic rings. The van der Waals surface area contributed by atoms with Gasteiger partial charge in [-0.1, -0.05) is 18.2 Å². The summed E-state index contributed by atoms with van der Waals surface area (Å²) < 4.78 is 0. The van der Waals surface area contributed by atoms with Crippen molar-refractivity contribution in [1.82, 2.24) is 10.4 Å². The van der Waals surface area contributed by atoms with E-state index in [-0.39, 0.29) is 24.7 Å². The summed E-state index contributed by atoms with van der Waals surface area (Å²) in [5, 5.41) is 3.31. The molecule has 2 rings (SSSR count). The van der Waals surface area contributed by atoms with Crippen LogP contribution in [0, 0.1) is 0 Å². The Hall–Kier alpha value is -2.37. The summed E-state index contributed by atoms with van der Waals surface area (Å²) in [6.07, 6.45) is 1.09. The van der Waals surface area contributed by atoms with Crippen molar-refractivity contribution < 1.29 is 14.4 Å². The zero-order valence-corrected chi connectivity index (χ0v) is 9.68. The van der Waals surface area contributed by atoms with Gasteiger partial charge in [-0.05, 0) is 18.6 Å². The smallest absolute Gasteiger partial charge is 0.307 e. The van der Waals surface area contributed by atoms with Crippen LogP contribution in [-0.2, 0) is 9.59 Å². The first-order chi connectivity index (χ1) is 8.66. The Morgan fingerprint density at radius 2 is 1.67 bits per heavy atom. The lowest BCUT2D eigenvalue weighted by molar-refractivity contribution is -0.150. The minimum Gasteiger partial charge on any atom is -0.307 e. The number of imide groups is 1. The van der Waals surface area contributed by atoms with E-state index in [0.717, 1.165) is 5.01 Å². The van der Waals surface area contributed by atoms with Crippen LogP contribution in [-0.4, -0.2) is 22.9 Å². The predicted molar refractivity (Wildman–Crippen MR) is 64.3 cm³/mol. The predicted octanol–water partition coefficient (Wildman–Crippen LogP) is 1.26. The zero-order valence-electron chi connectivity index (χ0n) is 9.68. The van der Waals surface area contributed by atoms with Gasteiger partial charge in [0.25, 0.3) is 0 Å². The number of rotatable bonds is 2. The number of para-hydroxylation sites is 1. The Balaban J connectivity index is 1.94. The zero-order chi connectivity index (χ0) is 13.0. The van der Waals surface area contributed by atoms with E-state index in [4.69, 9.17) is 0 Å². The number of anilines is 1. The van der Waals surface area contributed by atoms with Gasteiger partial charge >= 0.3 is 6.03 Å². The van der Waals surface area contributed by atoms with Crippen LogP contribution in [0.15, 0.2) is 30.3 Å². The third-order valence-corrected chi connectivity index (χ3v) is 2.53. The second-order valence-electron chi connectivity index (χ2n) is 3.91. The molecule has 0 aliphatic carbocycles. The molecule has 2 N–H and O–H groups in total. The van der Waals surface area contributed by atoms with Crippen LogP contribution in [0.2, 0.25) is 0 Å². The van der Waals surface area contributed by atoms with Gasteiger partial charge in [0, 0.05) is 18.5 Å². The van der Waals surface area contributed by atoms with Gasteiger partial charge in [0.15, 0.2) is 0 Å². The standard InChI is InChI=1S/C12H13N3O3/c16-10-7-4-8-11(17)15(10)14-12(18)13-9-5-2-1-3-6-9/h1-3,5-6H,4,7-8H2,(H2,13,14,18). The minimum absolute atomic E-state index is 0.275. The molecular weight excluding hydrogens is 234 g/mol. The highest BCUT2D eigenvalue weighted by atomic mass is 16.2. The summed E-state index contributed by atoms with van der Waals surface area (Å²) in [4.78, 5) is 34.5. The molecule has 4 amide bonds. The van der Waals surface area contributed by atoms with E-state index < -0.39 is 6.03 Å². The maximum Gasteiger partial charge on any atom is 0.338 e. The number of hydrazine groups is 1. The molecule has 1 saturated heterocycles. The minimum atomic E-state index is -0.607. The van der Waals surface area contributed by atoms with Crippen molar-refractivity contribution in [2.45, 2.75) is 19.3 Å². The largest absolute Gasteiger partial charge is 0.338 e. The highest BCUT2D eigenvalue weighted by Gasteiger charge is 2.27. The summed E-state index contributed by atoms with van der Waals surface area (Å²) in [6, 6.07) is 8.17. The molecule has 1 aromatic carbocycles. The van der Waals surface area contributed by atoms with E-state index in [1.165, 1.54) is 0 Å². The van der Waals surface area contributed by atoms with Gasteiger partial charge in [-0.15, -0.1) is 0 Å². The molecule has 1 aliphatic heterocycles. The lowest BCUT2D eigenvalue weighted by atomic mass is 10.1. The van der Waals surface area contributed by atoms with E-state index >= 15 is 0 Å². The lowest BCUT2D eigenvalue weighted by Crippen LogP contribution is -2.52. The van der Waals surface area contributed by atoms with Gasteiger partial charge in [-0.2, -0.15) is 5.01 Å². The van der Waals surface area contributed by atoms with E-state index in [1.54, 1.807) is 24.3 Å². The Kier molecular flexibility index (Phi) is 3.57. The van der Waals surface area contributed by atoms with Gasteiger partial charge in [0.05, 0.1) is 0 Å². The van der Waals surface area contributed by atoms with Crippen molar-refractivity contribution >= 4 is 23.5 Å². The summed E-state index contributed by atoms with van der Waals surface area (Å²) in [6.45, 7) is 0. The highest BCUT2D eigenvalue weighted by Crippen LogP contribution is 2.10. The van der Waals surface area contributed by atoms with Crippen LogP contribution in [0.5, 0.6) is 0 Å². The number of urea groups is 1. The van der Waals surface area contributed by atoms with E-state index in [0.29, 0.717) is 12.1 Å². The molecule has 0 aromatic heterocycles. The van der Waals surface area contributed by atoms with Crippen molar-refractivity contribution in [3.05, 3.63) is 30.3 Å². The molecule has 0 atom stereocenters. The molecule has 6 heteroatoms. The van der Waals surface area contributed by atoms with Gasteiger partial charge in [-0.25, -0.2) is 10.2 Å². The van der Waals surface area contributed by atoms with Crippen LogP contribution in [0.3, 0.4) is 0 Å². The number of carbonyl (C=O) groups excluding carboxylic acids is 3. The van der Waals surface area contributed by atoms with Crippen LogP contribution in [0.1, 0.15) is 19.3 Å². The average Bonchev–Trinajstić information content (AvgIpc) is 2.35. The maximum absolute atomic E-state index is 11.6. The van der Waals surface area contributed by atoms with Crippen LogP contribution < -0.4 is 10.7 Å². The van der Waals surface area contributed by atoms with Gasteiger partial charge in [0.2, 0.25) is 11.8 Å². The highest BCUT2D eigenvalue weighted by molar-refractivity contribution is 6.00. The first-order valence-corrected chi connectivity index (χ1v) is 5.65. The van der Waals surface area contributed by atoms with Crippen molar-refractivity contribution in [3.63, 3.8) is 0 Å². The molecule has 6 nitrogen and oxygen atoms in total. The Morgan fingerprint density at radius 1 is 1.06 bits per heavy atom. The van der Waals surface area contributed by atoms with Crippen LogP contribution in [0.4, 0.5) is 10.5 Å². The molecule has 0 saturated carbocycles. The van der Waals surface area contributed by atoms with Crippen LogP contribution in [0.25, 0.3) is 0 Å². The van der Waals surface area contributed by atoms with Gasteiger partial charge < -0.3 is 5.32 Å². The number of benzene rings is 1. The number of amides is 4. The van der Waals surface area contributed by atoms with Crippen molar-refractivity contribution in [1.29, 1.82) is 0 Å². The number of hydrogen-bond acceptors (Lipinski definition) is 3. The monoisotopic (exact) mass is 247 g/mol. The SMILES string of the molecule is O=C(Nc1ccccc1)NN1C(=O)CCCC1=O. The molecule has 18 heavy (non-hydrogen) atoms. The Morgan fingerprint density at radius 3 is 2.28 bits per heavy atom. The molecule has 0 unspecified atom stereocenters. The van der Waals surface area contributed by atoms with E-state index in [2.05, 4.69) is 10.7 Å². The van der Waals surface area contributed by atoms with Crippen molar-refractivity contribution in [2.24, 2.45) is 0 Å². The summed E-state index contributed by atoms with van der Waals surface area (Å²) in [7, 11) is 0. The van der Waals surface area contributed by atoms with Crippen LogP contribution >= 0.6 is 0 Å². The molecule has 1 aliphatic rings. The summed E-state index contributed by atoms with van der Waals surface area (Å²) in [5.74, 6) is -0.760. The summed E-state index contributed by atoms with van der Waals surface area (Å²) >= 11 is 0. The third kappa shape index (κ3) is 2.85. The first-order valence-electron chi connectivity index (χ1n) is 5.65.